The predicted octanol–water partition coefficient (Wildman–Crippen LogP) is 2.60. The first kappa shape index (κ1) is 13.2. The van der Waals surface area contributed by atoms with Crippen LogP contribution in [0.4, 0.5) is 11.5 Å². The Balaban J connectivity index is 2.51. The van der Waals surface area contributed by atoms with Gasteiger partial charge in [0.25, 0.3) is 0 Å². The lowest BCUT2D eigenvalue weighted by Gasteiger charge is -2.21. The van der Waals surface area contributed by atoms with Crippen LogP contribution >= 0.6 is 11.6 Å². The molecule has 5 nitrogen and oxygen atoms in total. The van der Waals surface area contributed by atoms with Gasteiger partial charge in [-0.25, -0.2) is 4.98 Å². The van der Waals surface area contributed by atoms with E-state index in [4.69, 9.17) is 22.5 Å². The zero-order chi connectivity index (χ0) is 13.8. The fourth-order valence-corrected chi connectivity index (χ4v) is 2.02. The van der Waals surface area contributed by atoms with E-state index >= 15 is 0 Å². The Bertz CT molecular complexity index is 615. The molecule has 0 amide bonds. The summed E-state index contributed by atoms with van der Waals surface area (Å²) in [6, 6.07) is 10.8. The number of nitrogens with two attached hydrogens (primary N) is 1. The van der Waals surface area contributed by atoms with Gasteiger partial charge in [-0.1, -0.05) is 28.9 Å². The number of nitrogens with zero attached hydrogens (tertiary/aromatic N) is 3. The number of amidine groups is 1. The van der Waals surface area contributed by atoms with E-state index in [1.807, 2.05) is 25.2 Å². The molecular formula is C13H13ClN4O. The SMILES string of the molecule is CN(c1ccccc1C(N)=NO)c1ncccc1Cl. The normalized spacial score (nSPS) is 11.4. The van der Waals surface area contributed by atoms with E-state index in [0.717, 1.165) is 5.69 Å². The Morgan fingerprint density at radius 1 is 1.32 bits per heavy atom. The number of anilines is 2. The number of pyridine rings is 1. The third kappa shape index (κ3) is 2.61. The molecule has 1 aromatic heterocycles. The largest absolute Gasteiger partial charge is 0.409 e. The highest BCUT2D eigenvalue weighted by Gasteiger charge is 2.14. The minimum Gasteiger partial charge on any atom is -0.409 e. The highest BCUT2D eigenvalue weighted by atomic mass is 35.5. The highest BCUT2D eigenvalue weighted by molar-refractivity contribution is 6.33. The Morgan fingerprint density at radius 2 is 2.05 bits per heavy atom. The van der Waals surface area contributed by atoms with Crippen molar-refractivity contribution in [3.63, 3.8) is 0 Å². The van der Waals surface area contributed by atoms with Crippen molar-refractivity contribution in [2.75, 3.05) is 11.9 Å². The van der Waals surface area contributed by atoms with E-state index in [9.17, 15) is 0 Å². The lowest BCUT2D eigenvalue weighted by Crippen LogP contribution is -2.20. The summed E-state index contributed by atoms with van der Waals surface area (Å²) in [5, 5.41) is 12.4. The van der Waals surface area contributed by atoms with Gasteiger partial charge in [0.05, 0.1) is 10.7 Å². The predicted molar refractivity (Wildman–Crippen MR) is 76.3 cm³/mol. The molecule has 0 unspecified atom stereocenters. The number of para-hydroxylation sites is 1. The molecule has 1 heterocycles. The maximum absolute atomic E-state index is 8.82. The van der Waals surface area contributed by atoms with Gasteiger partial charge in [-0.3, -0.25) is 0 Å². The summed E-state index contributed by atoms with van der Waals surface area (Å²) in [4.78, 5) is 6.02. The molecule has 2 rings (SSSR count). The number of rotatable bonds is 3. The second kappa shape index (κ2) is 5.58. The third-order valence-corrected chi connectivity index (χ3v) is 3.00. The summed E-state index contributed by atoms with van der Waals surface area (Å²) in [6.45, 7) is 0. The molecular weight excluding hydrogens is 264 g/mol. The summed E-state index contributed by atoms with van der Waals surface area (Å²) in [5.74, 6) is 0.636. The first-order valence-electron chi connectivity index (χ1n) is 5.56. The van der Waals surface area contributed by atoms with Gasteiger partial charge in [0, 0.05) is 18.8 Å². The van der Waals surface area contributed by atoms with Crippen molar-refractivity contribution in [2.45, 2.75) is 0 Å². The second-order valence-electron chi connectivity index (χ2n) is 3.87. The van der Waals surface area contributed by atoms with Crippen molar-refractivity contribution in [3.8, 4) is 0 Å². The molecule has 3 N–H and O–H groups in total. The second-order valence-corrected chi connectivity index (χ2v) is 4.28. The summed E-state index contributed by atoms with van der Waals surface area (Å²) < 4.78 is 0. The van der Waals surface area contributed by atoms with E-state index in [2.05, 4.69) is 10.1 Å². The first-order valence-corrected chi connectivity index (χ1v) is 5.94. The first-order chi connectivity index (χ1) is 9.15. The van der Waals surface area contributed by atoms with Crippen LogP contribution in [0.1, 0.15) is 5.56 Å². The average molecular weight is 277 g/mol. The molecule has 0 aliphatic carbocycles. The molecule has 0 atom stereocenters. The van der Waals surface area contributed by atoms with Crippen molar-refractivity contribution >= 4 is 28.9 Å². The molecule has 0 fully saturated rings. The van der Waals surface area contributed by atoms with Crippen molar-refractivity contribution in [3.05, 3.63) is 53.2 Å². The molecule has 0 saturated heterocycles. The number of benzene rings is 1. The minimum atomic E-state index is 0.0366. The van der Waals surface area contributed by atoms with Gasteiger partial charge < -0.3 is 15.8 Å². The number of hydrogen-bond acceptors (Lipinski definition) is 4. The molecule has 2 aromatic rings. The van der Waals surface area contributed by atoms with Crippen LogP contribution in [-0.4, -0.2) is 23.1 Å². The van der Waals surface area contributed by atoms with Crippen molar-refractivity contribution in [2.24, 2.45) is 10.9 Å². The summed E-state index contributed by atoms with van der Waals surface area (Å²) in [6.07, 6.45) is 1.66. The zero-order valence-corrected chi connectivity index (χ0v) is 11.0. The van der Waals surface area contributed by atoms with E-state index in [1.54, 1.807) is 29.3 Å². The number of hydrogen-bond donors (Lipinski definition) is 2. The summed E-state index contributed by atoms with van der Waals surface area (Å²) in [5.41, 5.74) is 7.02. The standard InChI is InChI=1S/C13H13ClN4O/c1-18(13-10(14)6-4-8-16-13)11-7-3-2-5-9(11)12(15)17-19/h2-8,19H,1H3,(H2,15,17). The molecule has 0 aliphatic rings. The third-order valence-electron chi connectivity index (χ3n) is 2.71. The number of oxime groups is 1. The smallest absolute Gasteiger partial charge is 0.172 e. The van der Waals surface area contributed by atoms with E-state index < -0.39 is 0 Å². The van der Waals surface area contributed by atoms with Crippen LogP contribution in [0.25, 0.3) is 0 Å². The molecule has 1 aromatic carbocycles. The lowest BCUT2D eigenvalue weighted by molar-refractivity contribution is 0.318. The van der Waals surface area contributed by atoms with Crippen LogP contribution in [0.5, 0.6) is 0 Å². The van der Waals surface area contributed by atoms with Crippen LogP contribution in [0.3, 0.4) is 0 Å². The van der Waals surface area contributed by atoms with Crippen LogP contribution in [0, 0.1) is 0 Å². The Labute approximate surface area is 115 Å². The topological polar surface area (TPSA) is 74.7 Å². The molecule has 6 heteroatoms. The molecule has 98 valence electrons. The van der Waals surface area contributed by atoms with Crippen molar-refractivity contribution in [1.29, 1.82) is 0 Å². The van der Waals surface area contributed by atoms with Crippen molar-refractivity contribution < 1.29 is 5.21 Å². The van der Waals surface area contributed by atoms with Crippen molar-refractivity contribution in [1.82, 2.24) is 4.98 Å². The Hall–Kier alpha value is -2.27. The summed E-state index contributed by atoms with van der Waals surface area (Å²) in [7, 11) is 1.82. The summed E-state index contributed by atoms with van der Waals surface area (Å²) >= 11 is 6.12. The van der Waals surface area contributed by atoms with Gasteiger partial charge >= 0.3 is 0 Å². The zero-order valence-electron chi connectivity index (χ0n) is 10.3. The van der Waals surface area contributed by atoms with Gasteiger partial charge in [-0.2, -0.15) is 0 Å². The molecule has 0 aliphatic heterocycles. The Kier molecular flexibility index (Phi) is 3.87. The number of halogens is 1. The molecule has 0 bridgehead atoms. The Morgan fingerprint density at radius 3 is 2.74 bits per heavy atom. The average Bonchev–Trinajstić information content (AvgIpc) is 2.46. The van der Waals surface area contributed by atoms with E-state index in [0.29, 0.717) is 16.4 Å². The van der Waals surface area contributed by atoms with Gasteiger partial charge in [-0.15, -0.1) is 0 Å². The molecule has 0 spiro atoms. The minimum absolute atomic E-state index is 0.0366. The van der Waals surface area contributed by atoms with Crippen LogP contribution in [-0.2, 0) is 0 Å². The fraction of sp³-hybridized carbons (Fsp3) is 0.0769. The van der Waals surface area contributed by atoms with Crippen LogP contribution in [0.15, 0.2) is 47.8 Å². The molecule has 19 heavy (non-hydrogen) atoms. The van der Waals surface area contributed by atoms with Gasteiger partial charge in [0.15, 0.2) is 11.7 Å². The van der Waals surface area contributed by atoms with Crippen LogP contribution in [0.2, 0.25) is 5.02 Å². The van der Waals surface area contributed by atoms with E-state index in [-0.39, 0.29) is 5.84 Å². The van der Waals surface area contributed by atoms with Gasteiger partial charge in [0.1, 0.15) is 0 Å². The van der Waals surface area contributed by atoms with Gasteiger partial charge in [0.2, 0.25) is 0 Å². The molecule has 0 radical (unpaired) electrons. The van der Waals surface area contributed by atoms with Crippen LogP contribution < -0.4 is 10.6 Å². The van der Waals surface area contributed by atoms with E-state index in [1.165, 1.54) is 0 Å². The highest BCUT2D eigenvalue weighted by Crippen LogP contribution is 2.30. The number of aromatic nitrogens is 1. The maximum atomic E-state index is 8.82. The maximum Gasteiger partial charge on any atom is 0.172 e. The molecule has 0 saturated carbocycles. The van der Waals surface area contributed by atoms with Gasteiger partial charge in [-0.05, 0) is 24.3 Å². The lowest BCUT2D eigenvalue weighted by atomic mass is 10.1. The quantitative estimate of drug-likeness (QED) is 0.391. The fourth-order valence-electron chi connectivity index (χ4n) is 1.77. The monoisotopic (exact) mass is 276 g/mol.